The van der Waals surface area contributed by atoms with Gasteiger partial charge in [-0.1, -0.05) is 24.3 Å². The maximum atomic E-state index is 13.3. The average molecular weight is 488 g/mol. The van der Waals surface area contributed by atoms with Gasteiger partial charge in [-0.15, -0.1) is 0 Å². The van der Waals surface area contributed by atoms with E-state index in [1.807, 2.05) is 0 Å². The Hall–Kier alpha value is -2.86. The molecule has 0 aromatic heterocycles. The van der Waals surface area contributed by atoms with Gasteiger partial charge in [-0.3, -0.25) is 9.59 Å². The topological polar surface area (TPSA) is 180 Å². The molecule has 0 spiro atoms. The summed E-state index contributed by atoms with van der Waals surface area (Å²) in [5, 5.41) is 52.8. The number of carbonyl (C=O) groups excluding carboxylic acids is 2. The molecule has 0 amide bonds. The number of nitrogens with two attached hydrogens (primary N) is 1. The van der Waals surface area contributed by atoms with E-state index in [1.165, 1.54) is 19.1 Å². The number of aliphatic hydroxyl groups is 3. The Bertz CT molecular complexity index is 1230. The van der Waals surface area contributed by atoms with Gasteiger partial charge in [0.1, 0.15) is 17.6 Å². The molecule has 2 aliphatic carbocycles. The summed E-state index contributed by atoms with van der Waals surface area (Å²) in [6, 6.07) is 6.15. The molecule has 1 saturated heterocycles. The van der Waals surface area contributed by atoms with Gasteiger partial charge in [0.05, 0.1) is 36.0 Å². The van der Waals surface area contributed by atoms with Gasteiger partial charge in [0.25, 0.3) is 0 Å². The van der Waals surface area contributed by atoms with Crippen LogP contribution in [-0.2, 0) is 15.9 Å². The van der Waals surface area contributed by atoms with Gasteiger partial charge in [-0.2, -0.15) is 0 Å². The van der Waals surface area contributed by atoms with Crippen molar-refractivity contribution in [3.8, 4) is 11.5 Å². The third kappa shape index (κ3) is 3.65. The number of aromatic hydroxyl groups is 2. The molecule has 0 radical (unpaired) electrons. The van der Waals surface area contributed by atoms with Crippen LogP contribution < -0.4 is 5.73 Å². The minimum Gasteiger partial charge on any atom is -0.507 e. The van der Waals surface area contributed by atoms with Gasteiger partial charge >= 0.3 is 0 Å². The first-order valence-corrected chi connectivity index (χ1v) is 11.4. The van der Waals surface area contributed by atoms with E-state index in [0.717, 1.165) is 0 Å². The Morgan fingerprint density at radius 1 is 1.06 bits per heavy atom. The molecule has 6 atom stereocenters. The average Bonchev–Trinajstić information content (AvgIpc) is 2.82. The summed E-state index contributed by atoms with van der Waals surface area (Å²) in [4.78, 5) is 26.6. The first-order chi connectivity index (χ1) is 16.5. The number of hydrogen-bond donors (Lipinski definition) is 6. The van der Waals surface area contributed by atoms with E-state index in [2.05, 4.69) is 0 Å². The van der Waals surface area contributed by atoms with Gasteiger partial charge in [-0.05, 0) is 19.8 Å². The molecule has 186 valence electrons. The molecule has 1 fully saturated rings. The summed E-state index contributed by atoms with van der Waals surface area (Å²) in [5.74, 6) is -2.22. The summed E-state index contributed by atoms with van der Waals surface area (Å²) in [5.41, 5.74) is 4.95. The van der Waals surface area contributed by atoms with Crippen molar-refractivity contribution >= 4 is 11.6 Å². The number of phenolic OH excluding ortho intramolecular Hbond substituents is 2. The molecule has 35 heavy (non-hydrogen) atoms. The number of phenols is 2. The van der Waals surface area contributed by atoms with Crippen molar-refractivity contribution in [2.75, 3.05) is 6.61 Å². The zero-order valence-electron chi connectivity index (χ0n) is 19.0. The van der Waals surface area contributed by atoms with Gasteiger partial charge in [0.15, 0.2) is 17.9 Å². The first-order valence-electron chi connectivity index (χ1n) is 11.4. The van der Waals surface area contributed by atoms with E-state index in [4.69, 9.17) is 15.2 Å². The number of ketones is 2. The predicted molar refractivity (Wildman–Crippen MR) is 120 cm³/mol. The smallest absolute Gasteiger partial charge is 0.198 e. The lowest BCUT2D eigenvalue weighted by atomic mass is 9.74. The minimum atomic E-state index is -1.30. The SMILES string of the molecule is [13CH3][13CH](O)[C@@]1([15NH2])Cc2c(O)c3c(c(O)c2C(O[C@@H]2C[C@H](O)[C@@H](O)CO2)C1)C(=O)c1ccccc1C3=O. The fraction of sp³-hybridized carbons (Fsp3) is 0.440. The standard InChI is InChI=1S/C25H27NO9/c1-10(27)25(26)7-13-18(16(8-25)35-17-6-14(28)15(29)9-34-17)24(33)20-19(23(13)32)21(30)11-4-2-3-5-12(11)22(20)31/h2-5,10,14-17,27-29,32-33H,6-9,26H2,1H3/t10?,14-,15-,16?,17+,25+/m0/s1/i1+1,10+1,26+1. The molecule has 10 heteroatoms. The van der Waals surface area contributed by atoms with Crippen LogP contribution in [0.2, 0.25) is 0 Å². The van der Waals surface area contributed by atoms with Crippen LogP contribution >= 0.6 is 0 Å². The predicted octanol–water partition coefficient (Wildman–Crippen LogP) is 0.424. The van der Waals surface area contributed by atoms with Crippen LogP contribution in [0.1, 0.15) is 68.8 Å². The van der Waals surface area contributed by atoms with Crippen molar-refractivity contribution in [2.24, 2.45) is 5.73 Å². The van der Waals surface area contributed by atoms with Crippen LogP contribution in [0.15, 0.2) is 24.3 Å². The highest BCUT2D eigenvalue weighted by Crippen LogP contribution is 2.51. The van der Waals surface area contributed by atoms with Crippen molar-refractivity contribution in [1.29, 1.82) is 0 Å². The molecule has 7 N–H and O–H groups in total. The van der Waals surface area contributed by atoms with Crippen LogP contribution in [0.5, 0.6) is 11.5 Å². The Morgan fingerprint density at radius 2 is 1.66 bits per heavy atom. The lowest BCUT2D eigenvalue weighted by Gasteiger charge is -2.43. The molecule has 5 rings (SSSR count). The lowest BCUT2D eigenvalue weighted by molar-refractivity contribution is -0.239. The Labute approximate surface area is 200 Å². The second-order valence-electron chi connectivity index (χ2n) is 9.59. The molecule has 2 aromatic rings. The third-order valence-corrected chi connectivity index (χ3v) is 7.33. The van der Waals surface area contributed by atoms with Crippen molar-refractivity contribution in [1.82, 2.24) is 0 Å². The molecule has 0 saturated carbocycles. The summed E-state index contributed by atoms with van der Waals surface area (Å²) in [7, 11) is 0. The summed E-state index contributed by atoms with van der Waals surface area (Å²) in [6.07, 6.45) is -5.45. The number of aliphatic hydroxyl groups excluding tert-OH is 3. The molecule has 10 nitrogen and oxygen atoms in total. The van der Waals surface area contributed by atoms with Crippen LogP contribution in [-0.4, -0.2) is 73.8 Å². The Morgan fingerprint density at radius 3 is 2.23 bits per heavy atom. The fourth-order valence-corrected chi connectivity index (χ4v) is 5.21. The Kier molecular flexibility index (Phi) is 5.71. The number of fused-ring (bicyclic) bond motifs is 3. The van der Waals surface area contributed by atoms with Crippen LogP contribution in [0.3, 0.4) is 0 Å². The number of benzene rings is 2. The Balaban J connectivity index is 1.66. The van der Waals surface area contributed by atoms with E-state index in [-0.39, 0.29) is 59.3 Å². The molecular weight excluding hydrogens is 461 g/mol. The first kappa shape index (κ1) is 23.9. The highest BCUT2D eigenvalue weighted by atomic mass is 16.7. The molecule has 2 aromatic carbocycles. The van der Waals surface area contributed by atoms with Crippen LogP contribution in [0.4, 0.5) is 0 Å². The van der Waals surface area contributed by atoms with Gasteiger partial charge < -0.3 is 40.7 Å². The zero-order chi connectivity index (χ0) is 25.2. The third-order valence-electron chi connectivity index (χ3n) is 7.33. The van der Waals surface area contributed by atoms with Crippen molar-refractivity contribution in [3.05, 3.63) is 57.6 Å². The highest BCUT2D eigenvalue weighted by molar-refractivity contribution is 6.30. The maximum absolute atomic E-state index is 13.3. The van der Waals surface area contributed by atoms with Crippen molar-refractivity contribution in [2.45, 2.75) is 62.4 Å². The fourth-order valence-electron chi connectivity index (χ4n) is 5.21. The van der Waals surface area contributed by atoms with Crippen molar-refractivity contribution < 1.29 is 44.6 Å². The second-order valence-corrected chi connectivity index (χ2v) is 9.59. The van der Waals surface area contributed by atoms with Gasteiger partial charge in [0.2, 0.25) is 0 Å². The summed E-state index contributed by atoms with van der Waals surface area (Å²) < 4.78 is 11.5. The van der Waals surface area contributed by atoms with Gasteiger partial charge in [-0.25, -0.2) is 0 Å². The largest absolute Gasteiger partial charge is 0.507 e. The molecule has 1 aliphatic heterocycles. The van der Waals surface area contributed by atoms with Crippen LogP contribution in [0.25, 0.3) is 0 Å². The number of hydrogen-bond acceptors (Lipinski definition) is 10. The number of ether oxygens (including phenoxy) is 2. The van der Waals surface area contributed by atoms with E-state index < -0.39 is 59.3 Å². The molecular formula is C25H27NO9. The van der Waals surface area contributed by atoms with Gasteiger partial charge in [0, 0.05) is 34.2 Å². The van der Waals surface area contributed by atoms with E-state index in [0.29, 0.717) is 0 Å². The van der Waals surface area contributed by atoms with Crippen molar-refractivity contribution in [3.63, 3.8) is 0 Å². The van der Waals surface area contributed by atoms with Crippen LogP contribution in [0, 0.1) is 0 Å². The molecule has 0 bridgehead atoms. The van der Waals surface area contributed by atoms with E-state index >= 15 is 0 Å². The monoisotopic (exact) mass is 488 g/mol. The quantitative estimate of drug-likeness (QED) is 0.172. The normalized spacial score (nSPS) is 30.9. The summed E-state index contributed by atoms with van der Waals surface area (Å²) >= 11 is 0. The summed E-state index contributed by atoms with van der Waals surface area (Å²) in [6.45, 7) is 1.31. The highest BCUT2D eigenvalue weighted by Gasteiger charge is 2.47. The van der Waals surface area contributed by atoms with E-state index in [1.54, 1.807) is 12.1 Å². The number of rotatable bonds is 3. The molecule has 3 aliphatic rings. The number of carbonyl (C=O) groups is 2. The maximum Gasteiger partial charge on any atom is 0.198 e. The second kappa shape index (κ2) is 8.37. The minimum absolute atomic E-state index is 0.0132. The molecule has 1 heterocycles. The zero-order valence-corrected chi connectivity index (χ0v) is 19.0. The molecule has 2 unspecified atom stereocenters. The lowest BCUT2D eigenvalue weighted by Crippen LogP contribution is -2.55. The van der Waals surface area contributed by atoms with E-state index in [9.17, 15) is 35.1 Å².